The molecule has 1 aromatic heterocycles. The van der Waals surface area contributed by atoms with E-state index in [4.69, 9.17) is 0 Å². The molecule has 3 heterocycles. The molecule has 31 heavy (non-hydrogen) atoms. The molecular formula is C22H31N7O2. The summed E-state index contributed by atoms with van der Waals surface area (Å²) in [7, 11) is 0. The first-order valence-corrected chi connectivity index (χ1v) is 11.2. The maximum absolute atomic E-state index is 12.7. The second-order valence-corrected chi connectivity index (χ2v) is 8.54. The van der Waals surface area contributed by atoms with Crippen molar-refractivity contribution in [2.24, 2.45) is 5.92 Å². The standard InChI is InChI=1S/C22H31N7O2/c30-21(27-13-11-26(12-14-27)15-19-5-2-1-3-6-19)9-8-20-7-4-10-28(16-20)22(31)17-29-18-23-24-25-29/h1-3,5-6,18,20H,4,7-17H2/t20-/m0/s1. The highest BCUT2D eigenvalue weighted by molar-refractivity contribution is 5.77. The summed E-state index contributed by atoms with van der Waals surface area (Å²) in [5.74, 6) is 0.671. The zero-order valence-electron chi connectivity index (χ0n) is 18.0. The van der Waals surface area contributed by atoms with Crippen LogP contribution in [-0.2, 0) is 22.7 Å². The van der Waals surface area contributed by atoms with E-state index in [1.807, 2.05) is 15.9 Å². The normalized spacial score (nSPS) is 20.1. The van der Waals surface area contributed by atoms with E-state index >= 15 is 0 Å². The van der Waals surface area contributed by atoms with Crippen LogP contribution in [0.25, 0.3) is 0 Å². The van der Waals surface area contributed by atoms with Crippen molar-refractivity contribution < 1.29 is 9.59 Å². The lowest BCUT2D eigenvalue weighted by Gasteiger charge is -2.36. The summed E-state index contributed by atoms with van der Waals surface area (Å²) in [5.41, 5.74) is 1.32. The molecule has 2 aliphatic rings. The summed E-state index contributed by atoms with van der Waals surface area (Å²) in [6.45, 7) is 6.05. The van der Waals surface area contributed by atoms with Gasteiger partial charge in [0.1, 0.15) is 12.9 Å². The van der Waals surface area contributed by atoms with Crippen molar-refractivity contribution >= 4 is 11.8 Å². The van der Waals surface area contributed by atoms with E-state index in [0.717, 1.165) is 65.1 Å². The van der Waals surface area contributed by atoms with Crippen LogP contribution in [0.4, 0.5) is 0 Å². The monoisotopic (exact) mass is 425 g/mol. The quantitative estimate of drug-likeness (QED) is 0.659. The van der Waals surface area contributed by atoms with Crippen molar-refractivity contribution in [3.63, 3.8) is 0 Å². The van der Waals surface area contributed by atoms with Crippen molar-refractivity contribution in [1.82, 2.24) is 34.9 Å². The molecule has 0 radical (unpaired) electrons. The second-order valence-electron chi connectivity index (χ2n) is 8.54. The molecule has 4 rings (SSSR count). The number of carbonyl (C=O) groups is 2. The van der Waals surface area contributed by atoms with Crippen molar-refractivity contribution in [3.8, 4) is 0 Å². The molecule has 2 saturated heterocycles. The molecule has 0 N–H and O–H groups in total. The fourth-order valence-electron chi connectivity index (χ4n) is 4.50. The van der Waals surface area contributed by atoms with Gasteiger partial charge < -0.3 is 9.80 Å². The van der Waals surface area contributed by atoms with E-state index in [1.165, 1.54) is 16.6 Å². The molecule has 2 aromatic rings. The molecule has 1 aromatic carbocycles. The average Bonchev–Trinajstić information content (AvgIpc) is 3.32. The summed E-state index contributed by atoms with van der Waals surface area (Å²) in [6.07, 6.45) is 4.93. The fraction of sp³-hybridized carbons (Fsp3) is 0.591. The van der Waals surface area contributed by atoms with Crippen LogP contribution < -0.4 is 0 Å². The van der Waals surface area contributed by atoms with E-state index in [-0.39, 0.29) is 18.4 Å². The number of hydrogen-bond donors (Lipinski definition) is 0. The molecular weight excluding hydrogens is 394 g/mol. The molecule has 1 atom stereocenters. The van der Waals surface area contributed by atoms with Crippen LogP contribution in [0.2, 0.25) is 0 Å². The largest absolute Gasteiger partial charge is 0.341 e. The molecule has 0 unspecified atom stereocenters. The zero-order valence-corrected chi connectivity index (χ0v) is 18.0. The van der Waals surface area contributed by atoms with E-state index in [2.05, 4.69) is 44.7 Å². The Morgan fingerprint density at radius 2 is 1.77 bits per heavy atom. The molecule has 0 saturated carbocycles. The Morgan fingerprint density at radius 1 is 0.968 bits per heavy atom. The van der Waals surface area contributed by atoms with Gasteiger partial charge in [0.05, 0.1) is 0 Å². The van der Waals surface area contributed by atoms with Crippen molar-refractivity contribution in [2.75, 3.05) is 39.3 Å². The molecule has 2 fully saturated rings. The van der Waals surface area contributed by atoms with Crippen LogP contribution in [0.1, 0.15) is 31.2 Å². The smallest absolute Gasteiger partial charge is 0.244 e. The lowest BCUT2D eigenvalue weighted by atomic mass is 9.93. The molecule has 2 aliphatic heterocycles. The number of amides is 2. The highest BCUT2D eigenvalue weighted by Crippen LogP contribution is 2.22. The zero-order chi connectivity index (χ0) is 21.5. The third kappa shape index (κ3) is 6.10. The van der Waals surface area contributed by atoms with Crippen LogP contribution in [0.15, 0.2) is 36.7 Å². The fourth-order valence-corrected chi connectivity index (χ4v) is 4.50. The molecule has 0 bridgehead atoms. The van der Waals surface area contributed by atoms with E-state index in [9.17, 15) is 9.59 Å². The van der Waals surface area contributed by atoms with E-state index < -0.39 is 0 Å². The number of piperidine rings is 1. The number of carbonyl (C=O) groups excluding carboxylic acids is 2. The van der Waals surface area contributed by atoms with Crippen LogP contribution in [0.3, 0.4) is 0 Å². The molecule has 166 valence electrons. The highest BCUT2D eigenvalue weighted by atomic mass is 16.2. The predicted octanol–water partition coefficient (Wildman–Crippen LogP) is 1.04. The molecule has 0 aliphatic carbocycles. The van der Waals surface area contributed by atoms with Crippen LogP contribution >= 0.6 is 0 Å². The number of piperazine rings is 1. The molecule has 9 heteroatoms. The van der Waals surface area contributed by atoms with Gasteiger partial charge in [-0.2, -0.15) is 0 Å². The summed E-state index contributed by atoms with van der Waals surface area (Å²) >= 11 is 0. The first kappa shape index (κ1) is 21.4. The third-order valence-corrected chi connectivity index (χ3v) is 6.30. The van der Waals surface area contributed by atoms with Gasteiger partial charge in [-0.3, -0.25) is 14.5 Å². The number of tetrazole rings is 1. The first-order valence-electron chi connectivity index (χ1n) is 11.2. The molecule has 0 spiro atoms. The van der Waals surface area contributed by atoms with Crippen LogP contribution in [-0.4, -0.2) is 86.0 Å². The van der Waals surface area contributed by atoms with Gasteiger partial charge in [0.15, 0.2) is 0 Å². The number of rotatable bonds is 7. The SMILES string of the molecule is O=C(CC[C@@H]1CCCN(C(=O)Cn2cnnn2)C1)N1CCN(Cc2ccccc2)CC1. The van der Waals surface area contributed by atoms with Crippen molar-refractivity contribution in [1.29, 1.82) is 0 Å². The van der Waals surface area contributed by atoms with Crippen molar-refractivity contribution in [3.05, 3.63) is 42.2 Å². The summed E-state index contributed by atoms with van der Waals surface area (Å²) in [4.78, 5) is 31.5. The van der Waals surface area contributed by atoms with Crippen LogP contribution in [0, 0.1) is 5.92 Å². The number of likely N-dealkylation sites (tertiary alicyclic amines) is 1. The second kappa shape index (κ2) is 10.5. The van der Waals surface area contributed by atoms with Gasteiger partial charge in [-0.25, -0.2) is 4.68 Å². The minimum absolute atomic E-state index is 0.0397. The number of nitrogens with zero attached hydrogens (tertiary/aromatic N) is 7. The Labute approximate surface area is 183 Å². The molecule has 2 amide bonds. The number of benzene rings is 1. The number of hydrogen-bond acceptors (Lipinski definition) is 6. The van der Waals surface area contributed by atoms with Gasteiger partial charge in [-0.1, -0.05) is 30.3 Å². The highest BCUT2D eigenvalue weighted by Gasteiger charge is 2.26. The lowest BCUT2D eigenvalue weighted by molar-refractivity contribution is -0.134. The van der Waals surface area contributed by atoms with Crippen molar-refractivity contribution in [2.45, 2.75) is 38.8 Å². The Bertz CT molecular complexity index is 835. The minimum Gasteiger partial charge on any atom is -0.341 e. The van der Waals surface area contributed by atoms with Gasteiger partial charge >= 0.3 is 0 Å². The van der Waals surface area contributed by atoms with Gasteiger partial charge in [0.2, 0.25) is 11.8 Å². The average molecular weight is 426 g/mol. The van der Waals surface area contributed by atoms with Gasteiger partial charge in [-0.15, -0.1) is 5.10 Å². The summed E-state index contributed by atoms with van der Waals surface area (Å²) in [5, 5.41) is 10.9. The van der Waals surface area contributed by atoms with Crippen LogP contribution in [0.5, 0.6) is 0 Å². The summed E-state index contributed by atoms with van der Waals surface area (Å²) in [6, 6.07) is 10.5. The Hall–Kier alpha value is -2.81. The van der Waals surface area contributed by atoms with Gasteiger partial charge in [0, 0.05) is 52.2 Å². The first-order chi connectivity index (χ1) is 15.2. The summed E-state index contributed by atoms with van der Waals surface area (Å²) < 4.78 is 1.45. The number of aromatic nitrogens is 4. The Balaban J connectivity index is 1.17. The predicted molar refractivity (Wildman–Crippen MR) is 115 cm³/mol. The maximum Gasteiger partial charge on any atom is 0.244 e. The lowest BCUT2D eigenvalue weighted by Crippen LogP contribution is -2.48. The molecule has 9 nitrogen and oxygen atoms in total. The van der Waals surface area contributed by atoms with Gasteiger partial charge in [0.25, 0.3) is 0 Å². The van der Waals surface area contributed by atoms with E-state index in [1.54, 1.807) is 0 Å². The maximum atomic E-state index is 12.7. The third-order valence-electron chi connectivity index (χ3n) is 6.30. The van der Waals surface area contributed by atoms with E-state index in [0.29, 0.717) is 12.3 Å². The van der Waals surface area contributed by atoms with Gasteiger partial charge in [-0.05, 0) is 41.2 Å². The Kier molecular flexibility index (Phi) is 7.24. The topological polar surface area (TPSA) is 87.5 Å². The Morgan fingerprint density at radius 3 is 2.52 bits per heavy atom. The minimum atomic E-state index is 0.0397.